The minimum atomic E-state index is -0.00346. The van der Waals surface area contributed by atoms with Gasteiger partial charge in [0.1, 0.15) is 0 Å². The van der Waals surface area contributed by atoms with E-state index in [-0.39, 0.29) is 11.8 Å². The number of carbonyl (C=O) groups is 2. The normalized spacial score (nSPS) is 15.5. The largest absolute Gasteiger partial charge is 0.343 e. The number of para-hydroxylation sites is 1. The molecule has 1 aliphatic rings. The number of nitrogens with zero attached hydrogens (tertiary/aromatic N) is 2. The van der Waals surface area contributed by atoms with Crippen molar-refractivity contribution in [1.29, 1.82) is 0 Å². The smallest absolute Gasteiger partial charge is 0.224 e. The molecule has 4 nitrogen and oxygen atoms in total. The molecule has 1 heterocycles. The van der Waals surface area contributed by atoms with Gasteiger partial charge in [-0.3, -0.25) is 9.59 Å². The third-order valence-corrected chi connectivity index (χ3v) is 5.23. The Labute approximate surface area is 152 Å². The molecule has 1 aromatic rings. The third-order valence-electron chi connectivity index (χ3n) is 5.23. The first kappa shape index (κ1) is 19.5. The van der Waals surface area contributed by atoms with Crippen molar-refractivity contribution in [2.75, 3.05) is 24.5 Å². The van der Waals surface area contributed by atoms with Crippen molar-refractivity contribution >= 4 is 17.5 Å². The third kappa shape index (κ3) is 4.83. The quantitative estimate of drug-likeness (QED) is 0.806. The summed E-state index contributed by atoms with van der Waals surface area (Å²) in [6, 6.07) is 6.15. The molecule has 0 spiro atoms. The second kappa shape index (κ2) is 8.50. The molecule has 1 saturated heterocycles. The summed E-state index contributed by atoms with van der Waals surface area (Å²) in [4.78, 5) is 28.6. The van der Waals surface area contributed by atoms with Gasteiger partial charge in [-0.25, -0.2) is 0 Å². The SMILES string of the molecule is CC(=O)N(CCC(=O)N1CCC(C)CC1)c1c(C)cccc1C(C)C. The lowest BCUT2D eigenvalue weighted by Crippen LogP contribution is -2.40. The number of rotatable bonds is 5. The van der Waals surface area contributed by atoms with E-state index in [1.165, 1.54) is 0 Å². The summed E-state index contributed by atoms with van der Waals surface area (Å²) in [7, 11) is 0. The second-order valence-corrected chi connectivity index (χ2v) is 7.65. The highest BCUT2D eigenvalue weighted by Crippen LogP contribution is 2.31. The monoisotopic (exact) mass is 344 g/mol. The molecule has 0 atom stereocenters. The van der Waals surface area contributed by atoms with Crippen LogP contribution in [0, 0.1) is 12.8 Å². The van der Waals surface area contributed by atoms with E-state index in [0.29, 0.717) is 24.8 Å². The molecule has 0 N–H and O–H groups in total. The Kier molecular flexibility index (Phi) is 6.63. The number of piperidine rings is 1. The van der Waals surface area contributed by atoms with Crippen molar-refractivity contribution in [3.8, 4) is 0 Å². The summed E-state index contributed by atoms with van der Waals surface area (Å²) >= 11 is 0. The molecular formula is C21H32N2O2. The van der Waals surface area contributed by atoms with Crippen molar-refractivity contribution in [2.45, 2.75) is 59.8 Å². The van der Waals surface area contributed by atoms with Crippen LogP contribution >= 0.6 is 0 Å². The zero-order valence-electron chi connectivity index (χ0n) is 16.3. The van der Waals surface area contributed by atoms with E-state index in [9.17, 15) is 9.59 Å². The fraction of sp³-hybridized carbons (Fsp3) is 0.619. The van der Waals surface area contributed by atoms with Crippen LogP contribution < -0.4 is 4.90 Å². The van der Waals surface area contributed by atoms with E-state index < -0.39 is 0 Å². The Balaban J connectivity index is 2.12. The van der Waals surface area contributed by atoms with Crippen LogP contribution in [0.1, 0.15) is 64.0 Å². The van der Waals surface area contributed by atoms with Gasteiger partial charge in [0.25, 0.3) is 0 Å². The van der Waals surface area contributed by atoms with Gasteiger partial charge in [-0.1, -0.05) is 39.0 Å². The van der Waals surface area contributed by atoms with E-state index >= 15 is 0 Å². The summed E-state index contributed by atoms with van der Waals surface area (Å²) in [6.45, 7) is 12.3. The van der Waals surface area contributed by atoms with Crippen LogP contribution in [0.15, 0.2) is 18.2 Å². The highest BCUT2D eigenvalue weighted by Gasteiger charge is 2.23. The molecule has 0 aromatic heterocycles. The van der Waals surface area contributed by atoms with Gasteiger partial charge in [0, 0.05) is 38.7 Å². The highest BCUT2D eigenvalue weighted by atomic mass is 16.2. The molecule has 138 valence electrons. The van der Waals surface area contributed by atoms with Gasteiger partial charge in [0.15, 0.2) is 0 Å². The van der Waals surface area contributed by atoms with Gasteiger partial charge < -0.3 is 9.80 Å². The van der Waals surface area contributed by atoms with Crippen molar-refractivity contribution in [2.24, 2.45) is 5.92 Å². The fourth-order valence-corrected chi connectivity index (χ4v) is 3.57. The zero-order chi connectivity index (χ0) is 18.6. The standard InChI is InChI=1S/C21H32N2O2/c1-15(2)19-8-6-7-17(4)21(19)23(18(5)24)14-11-20(25)22-12-9-16(3)10-13-22/h6-8,15-16H,9-14H2,1-5H3. The van der Waals surface area contributed by atoms with Crippen molar-refractivity contribution < 1.29 is 9.59 Å². The van der Waals surface area contributed by atoms with Crippen LogP contribution in [0.3, 0.4) is 0 Å². The maximum absolute atomic E-state index is 12.6. The Morgan fingerprint density at radius 1 is 1.24 bits per heavy atom. The van der Waals surface area contributed by atoms with Gasteiger partial charge in [0.2, 0.25) is 11.8 Å². The number of benzene rings is 1. The van der Waals surface area contributed by atoms with E-state index in [0.717, 1.165) is 42.7 Å². The molecule has 0 aliphatic carbocycles. The minimum Gasteiger partial charge on any atom is -0.343 e. The number of amides is 2. The maximum atomic E-state index is 12.6. The van der Waals surface area contributed by atoms with Gasteiger partial charge >= 0.3 is 0 Å². The lowest BCUT2D eigenvalue weighted by atomic mass is 9.97. The lowest BCUT2D eigenvalue weighted by molar-refractivity contribution is -0.132. The van der Waals surface area contributed by atoms with Crippen molar-refractivity contribution in [3.05, 3.63) is 29.3 Å². The fourth-order valence-electron chi connectivity index (χ4n) is 3.57. The minimum absolute atomic E-state index is 0.00346. The van der Waals surface area contributed by atoms with E-state index in [1.54, 1.807) is 11.8 Å². The molecule has 4 heteroatoms. The number of anilines is 1. The van der Waals surface area contributed by atoms with Crippen LogP contribution in [0.25, 0.3) is 0 Å². The second-order valence-electron chi connectivity index (χ2n) is 7.65. The Morgan fingerprint density at radius 3 is 2.44 bits per heavy atom. The topological polar surface area (TPSA) is 40.6 Å². The summed E-state index contributed by atoms with van der Waals surface area (Å²) in [6.07, 6.45) is 2.55. The van der Waals surface area contributed by atoms with E-state index in [1.807, 2.05) is 24.0 Å². The molecule has 1 aliphatic heterocycles. The molecule has 25 heavy (non-hydrogen) atoms. The van der Waals surface area contributed by atoms with E-state index in [4.69, 9.17) is 0 Å². The molecule has 0 bridgehead atoms. The average molecular weight is 344 g/mol. The molecule has 0 radical (unpaired) electrons. The highest BCUT2D eigenvalue weighted by molar-refractivity contribution is 5.94. The molecule has 2 amide bonds. The summed E-state index contributed by atoms with van der Waals surface area (Å²) < 4.78 is 0. The zero-order valence-corrected chi connectivity index (χ0v) is 16.3. The molecule has 0 saturated carbocycles. The molecule has 0 unspecified atom stereocenters. The number of hydrogen-bond donors (Lipinski definition) is 0. The first-order chi connectivity index (χ1) is 11.8. The van der Waals surface area contributed by atoms with Crippen LogP contribution in [0.5, 0.6) is 0 Å². The predicted molar refractivity (Wildman–Crippen MR) is 103 cm³/mol. The van der Waals surface area contributed by atoms with Crippen LogP contribution in [0.4, 0.5) is 5.69 Å². The summed E-state index contributed by atoms with van der Waals surface area (Å²) in [5.41, 5.74) is 3.22. The Hall–Kier alpha value is -1.84. The Bertz CT molecular complexity index is 616. The van der Waals surface area contributed by atoms with Crippen LogP contribution in [-0.4, -0.2) is 36.3 Å². The molecular weight excluding hydrogens is 312 g/mol. The number of hydrogen-bond acceptors (Lipinski definition) is 2. The average Bonchev–Trinajstić information content (AvgIpc) is 2.56. The van der Waals surface area contributed by atoms with Gasteiger partial charge in [-0.05, 0) is 42.7 Å². The van der Waals surface area contributed by atoms with Crippen molar-refractivity contribution in [1.82, 2.24) is 4.90 Å². The lowest BCUT2D eigenvalue weighted by Gasteiger charge is -2.32. The number of likely N-dealkylation sites (tertiary alicyclic amines) is 1. The van der Waals surface area contributed by atoms with Gasteiger partial charge in [-0.2, -0.15) is 0 Å². The number of carbonyl (C=O) groups excluding carboxylic acids is 2. The summed E-state index contributed by atoms with van der Waals surface area (Å²) in [5, 5.41) is 0. The van der Waals surface area contributed by atoms with Gasteiger partial charge in [0.05, 0.1) is 0 Å². The van der Waals surface area contributed by atoms with Crippen LogP contribution in [0.2, 0.25) is 0 Å². The maximum Gasteiger partial charge on any atom is 0.224 e. The molecule has 1 aromatic carbocycles. The van der Waals surface area contributed by atoms with Gasteiger partial charge in [-0.15, -0.1) is 0 Å². The Morgan fingerprint density at radius 2 is 1.88 bits per heavy atom. The van der Waals surface area contributed by atoms with Crippen LogP contribution in [-0.2, 0) is 9.59 Å². The first-order valence-corrected chi connectivity index (χ1v) is 9.46. The van der Waals surface area contributed by atoms with Crippen molar-refractivity contribution in [3.63, 3.8) is 0 Å². The molecule has 2 rings (SSSR count). The first-order valence-electron chi connectivity index (χ1n) is 9.46. The predicted octanol–water partition coefficient (Wildman–Crippen LogP) is 4.12. The van der Waals surface area contributed by atoms with E-state index in [2.05, 4.69) is 26.8 Å². The summed E-state index contributed by atoms with van der Waals surface area (Å²) in [5.74, 6) is 1.20. The molecule has 1 fully saturated rings. The number of aryl methyl sites for hydroxylation is 1.